The van der Waals surface area contributed by atoms with Crippen molar-refractivity contribution in [3.8, 4) is 10.6 Å². The fourth-order valence-corrected chi connectivity index (χ4v) is 4.10. The Morgan fingerprint density at radius 3 is 2.72 bits per heavy atom. The molecule has 1 fully saturated rings. The minimum atomic E-state index is 0.0787. The second-order valence-electron chi connectivity index (χ2n) is 6.28. The Morgan fingerprint density at radius 1 is 1.20 bits per heavy atom. The van der Waals surface area contributed by atoms with Gasteiger partial charge in [-0.05, 0) is 44.0 Å². The molecular weight excluding hydrogens is 330 g/mol. The van der Waals surface area contributed by atoms with Crippen LogP contribution in [0.3, 0.4) is 0 Å². The molecule has 1 amide bonds. The number of carbonyl (C=O) groups excluding carboxylic acids is 1. The van der Waals surface area contributed by atoms with Gasteiger partial charge in [0, 0.05) is 34.9 Å². The van der Waals surface area contributed by atoms with Crippen LogP contribution in [-0.4, -0.2) is 27.3 Å². The van der Waals surface area contributed by atoms with Crippen LogP contribution in [0.4, 0.5) is 0 Å². The monoisotopic (exact) mass is 349 g/mol. The number of aryl methyl sites for hydroxylation is 1. The third-order valence-electron chi connectivity index (χ3n) is 4.54. The number of pyridine rings is 1. The smallest absolute Gasteiger partial charge is 0.254 e. The Kier molecular flexibility index (Phi) is 4.32. The summed E-state index contributed by atoms with van der Waals surface area (Å²) in [4.78, 5) is 23.9. The average molecular weight is 349 g/mol. The van der Waals surface area contributed by atoms with Gasteiger partial charge in [0.05, 0.1) is 11.7 Å². The van der Waals surface area contributed by atoms with Crippen molar-refractivity contribution in [3.05, 3.63) is 71.0 Å². The van der Waals surface area contributed by atoms with Gasteiger partial charge in [-0.2, -0.15) is 0 Å². The maximum Gasteiger partial charge on any atom is 0.254 e. The highest BCUT2D eigenvalue weighted by atomic mass is 32.1. The molecule has 0 spiro atoms. The summed E-state index contributed by atoms with van der Waals surface area (Å²) in [6.45, 7) is 2.77. The van der Waals surface area contributed by atoms with Gasteiger partial charge in [-0.25, -0.2) is 4.98 Å². The standard InChI is InChI=1S/C20H19N3OS/c1-14-13-25-19(22-14)15-7-9-16(10-8-15)20(24)23-12-4-6-18(23)17-5-2-3-11-21-17/h2-3,5,7-11,13,18H,4,6,12H2,1H3/t18-/m0/s1. The molecule has 4 rings (SSSR count). The van der Waals surface area contributed by atoms with E-state index in [4.69, 9.17) is 0 Å². The largest absolute Gasteiger partial charge is 0.330 e. The summed E-state index contributed by atoms with van der Waals surface area (Å²) in [6, 6.07) is 13.7. The highest BCUT2D eigenvalue weighted by Crippen LogP contribution is 2.32. The van der Waals surface area contributed by atoms with Crippen LogP contribution in [0, 0.1) is 6.92 Å². The molecular formula is C20H19N3OS. The van der Waals surface area contributed by atoms with E-state index in [1.807, 2.05) is 59.7 Å². The zero-order valence-corrected chi connectivity index (χ0v) is 14.9. The second-order valence-corrected chi connectivity index (χ2v) is 7.14. The van der Waals surface area contributed by atoms with Gasteiger partial charge in [-0.3, -0.25) is 9.78 Å². The molecule has 3 aromatic rings. The van der Waals surface area contributed by atoms with E-state index in [1.54, 1.807) is 17.5 Å². The van der Waals surface area contributed by atoms with Crippen molar-refractivity contribution in [1.29, 1.82) is 0 Å². The first-order chi connectivity index (χ1) is 12.2. The fraction of sp³-hybridized carbons (Fsp3) is 0.250. The van der Waals surface area contributed by atoms with Gasteiger partial charge < -0.3 is 4.90 Å². The van der Waals surface area contributed by atoms with Gasteiger partial charge in [0.15, 0.2) is 0 Å². The predicted molar refractivity (Wildman–Crippen MR) is 99.5 cm³/mol. The van der Waals surface area contributed by atoms with Crippen molar-refractivity contribution in [2.24, 2.45) is 0 Å². The molecule has 0 N–H and O–H groups in total. The zero-order chi connectivity index (χ0) is 17.2. The molecule has 126 valence electrons. The van der Waals surface area contributed by atoms with Crippen LogP contribution in [-0.2, 0) is 0 Å². The lowest BCUT2D eigenvalue weighted by molar-refractivity contribution is 0.0733. The third kappa shape index (κ3) is 3.20. The molecule has 5 heteroatoms. The van der Waals surface area contributed by atoms with Crippen molar-refractivity contribution < 1.29 is 4.79 Å². The number of rotatable bonds is 3. The van der Waals surface area contributed by atoms with Gasteiger partial charge in [-0.15, -0.1) is 11.3 Å². The van der Waals surface area contributed by atoms with E-state index in [-0.39, 0.29) is 11.9 Å². The van der Waals surface area contributed by atoms with E-state index in [9.17, 15) is 4.79 Å². The van der Waals surface area contributed by atoms with Gasteiger partial charge in [0.2, 0.25) is 0 Å². The summed E-state index contributed by atoms with van der Waals surface area (Å²) in [6.07, 6.45) is 3.78. The van der Waals surface area contributed by atoms with Gasteiger partial charge in [0.1, 0.15) is 5.01 Å². The molecule has 25 heavy (non-hydrogen) atoms. The molecule has 4 nitrogen and oxygen atoms in total. The number of thiazole rings is 1. The molecule has 1 aliphatic heterocycles. The van der Waals surface area contributed by atoms with Gasteiger partial charge in [0.25, 0.3) is 5.91 Å². The van der Waals surface area contributed by atoms with E-state index in [0.717, 1.165) is 46.9 Å². The number of benzene rings is 1. The topological polar surface area (TPSA) is 46.1 Å². The molecule has 3 heterocycles. The van der Waals surface area contributed by atoms with Crippen LogP contribution in [0.1, 0.15) is 40.6 Å². The minimum Gasteiger partial charge on any atom is -0.330 e. The summed E-state index contributed by atoms with van der Waals surface area (Å²) in [5.41, 5.74) is 3.77. The van der Waals surface area contributed by atoms with Gasteiger partial charge >= 0.3 is 0 Å². The Bertz CT molecular complexity index is 873. The molecule has 0 unspecified atom stereocenters. The van der Waals surface area contributed by atoms with E-state index < -0.39 is 0 Å². The van der Waals surface area contributed by atoms with Crippen molar-refractivity contribution in [1.82, 2.24) is 14.9 Å². The van der Waals surface area contributed by atoms with Crippen molar-refractivity contribution in [3.63, 3.8) is 0 Å². The molecule has 1 aromatic carbocycles. The summed E-state index contributed by atoms with van der Waals surface area (Å²) < 4.78 is 0. The van der Waals surface area contributed by atoms with Crippen LogP contribution >= 0.6 is 11.3 Å². The summed E-state index contributed by atoms with van der Waals surface area (Å²) in [7, 11) is 0. The number of nitrogens with zero attached hydrogens (tertiary/aromatic N) is 3. The van der Waals surface area contributed by atoms with E-state index >= 15 is 0 Å². The normalized spacial score (nSPS) is 17.0. The Labute approximate surface area is 151 Å². The fourth-order valence-electron chi connectivity index (χ4n) is 3.30. The number of likely N-dealkylation sites (tertiary alicyclic amines) is 1. The first kappa shape index (κ1) is 16.0. The van der Waals surface area contributed by atoms with Crippen molar-refractivity contribution in [2.45, 2.75) is 25.8 Å². The molecule has 1 saturated heterocycles. The highest BCUT2D eigenvalue weighted by molar-refractivity contribution is 7.13. The van der Waals surface area contributed by atoms with E-state index in [0.29, 0.717) is 0 Å². The summed E-state index contributed by atoms with van der Waals surface area (Å²) in [5, 5.41) is 3.03. The first-order valence-corrected chi connectivity index (χ1v) is 9.35. The number of hydrogen-bond acceptors (Lipinski definition) is 4. The van der Waals surface area contributed by atoms with Gasteiger partial charge in [-0.1, -0.05) is 18.2 Å². The molecule has 1 aliphatic rings. The maximum absolute atomic E-state index is 13.0. The SMILES string of the molecule is Cc1csc(-c2ccc(C(=O)N3CCC[C@H]3c3ccccn3)cc2)n1. The number of amides is 1. The van der Waals surface area contributed by atoms with Crippen LogP contribution in [0.2, 0.25) is 0 Å². The Balaban J connectivity index is 1.56. The van der Waals surface area contributed by atoms with Crippen LogP contribution < -0.4 is 0 Å². The predicted octanol–water partition coefficient (Wildman–Crippen LogP) is 4.49. The number of hydrogen-bond donors (Lipinski definition) is 0. The lowest BCUT2D eigenvalue weighted by Crippen LogP contribution is -2.30. The first-order valence-electron chi connectivity index (χ1n) is 8.47. The second kappa shape index (κ2) is 6.76. The molecule has 0 saturated carbocycles. The summed E-state index contributed by atoms with van der Waals surface area (Å²) in [5.74, 6) is 0.0787. The summed E-state index contributed by atoms with van der Waals surface area (Å²) >= 11 is 1.63. The Hall–Kier alpha value is -2.53. The molecule has 0 bridgehead atoms. The average Bonchev–Trinajstić information content (AvgIpc) is 3.31. The Morgan fingerprint density at radius 2 is 2.04 bits per heavy atom. The van der Waals surface area contributed by atoms with Crippen molar-refractivity contribution in [2.75, 3.05) is 6.54 Å². The van der Waals surface area contributed by atoms with E-state index in [1.165, 1.54) is 0 Å². The third-order valence-corrected chi connectivity index (χ3v) is 5.55. The van der Waals surface area contributed by atoms with E-state index in [2.05, 4.69) is 9.97 Å². The van der Waals surface area contributed by atoms with Crippen molar-refractivity contribution >= 4 is 17.2 Å². The molecule has 2 aromatic heterocycles. The minimum absolute atomic E-state index is 0.0787. The lowest BCUT2D eigenvalue weighted by atomic mass is 10.1. The lowest BCUT2D eigenvalue weighted by Gasteiger charge is -2.24. The van der Waals surface area contributed by atoms with Crippen LogP contribution in [0.5, 0.6) is 0 Å². The van der Waals surface area contributed by atoms with Crippen LogP contribution in [0.25, 0.3) is 10.6 Å². The highest BCUT2D eigenvalue weighted by Gasteiger charge is 2.31. The maximum atomic E-state index is 13.0. The van der Waals surface area contributed by atoms with Crippen LogP contribution in [0.15, 0.2) is 54.0 Å². The molecule has 0 radical (unpaired) electrons. The quantitative estimate of drug-likeness (QED) is 0.700. The number of carbonyl (C=O) groups is 1. The molecule has 1 atom stereocenters. The molecule has 0 aliphatic carbocycles. The zero-order valence-electron chi connectivity index (χ0n) is 14.1. The number of aromatic nitrogens is 2.